The van der Waals surface area contributed by atoms with Gasteiger partial charge in [0.2, 0.25) is 0 Å². The van der Waals surface area contributed by atoms with Crippen LogP contribution in [-0.2, 0) is 4.57 Å². The lowest BCUT2D eigenvalue weighted by Crippen LogP contribution is -1.87. The van der Waals surface area contributed by atoms with Crippen molar-refractivity contribution in [3.63, 3.8) is 0 Å². The van der Waals surface area contributed by atoms with Crippen LogP contribution >= 0.6 is 30.0 Å². The summed E-state index contributed by atoms with van der Waals surface area (Å²) in [5, 5.41) is 0. The summed E-state index contributed by atoms with van der Waals surface area (Å²) in [6.45, 7) is 1.87. The van der Waals surface area contributed by atoms with Crippen LogP contribution in [0.1, 0.15) is 18.1 Å². The summed E-state index contributed by atoms with van der Waals surface area (Å²) < 4.78 is 11.4. The van der Waals surface area contributed by atoms with E-state index in [-0.39, 0.29) is 5.66 Å². The molecule has 1 aromatic rings. The zero-order valence-electron chi connectivity index (χ0n) is 6.71. The molecule has 0 aliphatic heterocycles. The van der Waals surface area contributed by atoms with E-state index in [1.807, 2.05) is 37.3 Å². The van der Waals surface area contributed by atoms with E-state index in [9.17, 15) is 4.57 Å². The van der Waals surface area contributed by atoms with Gasteiger partial charge in [-0.25, -0.2) is 0 Å². The van der Waals surface area contributed by atoms with Crippen LogP contribution in [0.25, 0.3) is 0 Å². The van der Waals surface area contributed by atoms with Crippen LogP contribution in [-0.4, -0.2) is 0 Å². The van der Waals surface area contributed by atoms with E-state index in [0.29, 0.717) is 0 Å². The summed E-state index contributed by atoms with van der Waals surface area (Å²) in [5.74, 6) is 0. The summed E-state index contributed by atoms with van der Waals surface area (Å²) in [5.41, 5.74) is -1.66. The van der Waals surface area contributed by atoms with Crippen molar-refractivity contribution in [2.24, 2.45) is 0 Å². The number of hydrogen-bond donors (Lipinski definition) is 2. The van der Waals surface area contributed by atoms with Crippen LogP contribution < -0.4 is 0 Å². The number of hydrogen-bond acceptors (Lipinski definition) is 1. The second-order valence-corrected chi connectivity index (χ2v) is 9.14. The summed E-state index contributed by atoms with van der Waals surface area (Å²) in [4.78, 5) is 0. The van der Waals surface area contributed by atoms with E-state index in [2.05, 4.69) is 24.5 Å². The quantitative estimate of drug-likeness (QED) is 0.570. The van der Waals surface area contributed by atoms with Gasteiger partial charge in [-0.2, -0.15) is 0 Å². The SMILES string of the molecule is CC(c1ccccc1)P(=O)(S)S. The van der Waals surface area contributed by atoms with E-state index in [1.165, 1.54) is 0 Å². The molecule has 1 atom stereocenters. The molecule has 1 unspecified atom stereocenters. The second kappa shape index (κ2) is 3.91. The molecule has 0 bridgehead atoms. The molecular formula is C8H11OPS2. The molecule has 0 aliphatic carbocycles. The van der Waals surface area contributed by atoms with E-state index in [0.717, 1.165) is 5.56 Å². The Morgan fingerprint density at radius 3 is 2.17 bits per heavy atom. The molecule has 0 spiro atoms. The van der Waals surface area contributed by atoms with E-state index >= 15 is 0 Å². The van der Waals surface area contributed by atoms with Crippen molar-refractivity contribution in [3.8, 4) is 0 Å². The minimum atomic E-state index is -2.59. The summed E-state index contributed by atoms with van der Waals surface area (Å²) in [7, 11) is 0. The molecule has 1 aromatic carbocycles. The highest BCUT2D eigenvalue weighted by Crippen LogP contribution is 2.66. The molecule has 0 saturated heterocycles. The first-order valence-electron chi connectivity index (χ1n) is 3.62. The fourth-order valence-corrected chi connectivity index (χ4v) is 2.29. The predicted octanol–water partition coefficient (Wildman–Crippen LogP) is 3.80. The standard InChI is InChI=1S/C8H11OPS2/c1-7(10(9,11)12)8-5-3-2-4-6-8/h2-7H,1H3,(H2,9,11,12). The molecule has 66 valence electrons. The largest absolute Gasteiger partial charge is 0.300 e. The molecular weight excluding hydrogens is 207 g/mol. The molecule has 0 amide bonds. The van der Waals surface area contributed by atoms with E-state index in [4.69, 9.17) is 0 Å². The maximum atomic E-state index is 11.4. The second-order valence-electron chi connectivity index (χ2n) is 2.68. The molecule has 1 rings (SSSR count). The Labute approximate surface area is 83.3 Å². The molecule has 1 nitrogen and oxygen atoms in total. The average Bonchev–Trinajstić information content (AvgIpc) is 2.03. The Kier molecular flexibility index (Phi) is 3.33. The Morgan fingerprint density at radius 2 is 1.75 bits per heavy atom. The first-order chi connectivity index (χ1) is 5.52. The Balaban J connectivity index is 2.94. The van der Waals surface area contributed by atoms with Crippen molar-refractivity contribution in [1.29, 1.82) is 0 Å². The van der Waals surface area contributed by atoms with Gasteiger partial charge in [-0.05, 0) is 12.5 Å². The number of thiol groups is 2. The summed E-state index contributed by atoms with van der Waals surface area (Å²) >= 11 is 7.96. The Bertz CT molecular complexity index is 293. The minimum absolute atomic E-state index is 0.0923. The van der Waals surface area contributed by atoms with Crippen LogP contribution in [0, 0.1) is 0 Å². The fourth-order valence-electron chi connectivity index (χ4n) is 0.926. The van der Waals surface area contributed by atoms with Crippen LogP contribution in [0.2, 0.25) is 0 Å². The maximum absolute atomic E-state index is 11.4. The van der Waals surface area contributed by atoms with Gasteiger partial charge in [0, 0.05) is 0 Å². The Morgan fingerprint density at radius 1 is 1.25 bits per heavy atom. The smallest absolute Gasteiger partial charge is 0.192 e. The highest BCUT2D eigenvalue weighted by molar-refractivity contribution is 8.80. The molecule has 0 fully saturated rings. The molecule has 4 heteroatoms. The van der Waals surface area contributed by atoms with Crippen molar-refractivity contribution in [3.05, 3.63) is 35.9 Å². The van der Waals surface area contributed by atoms with Gasteiger partial charge < -0.3 is 4.57 Å². The molecule has 0 aliphatic rings. The normalized spacial score (nSPS) is 14.2. The highest BCUT2D eigenvalue weighted by Gasteiger charge is 2.21. The number of rotatable bonds is 2. The third kappa shape index (κ3) is 2.58. The molecule has 0 N–H and O–H groups in total. The molecule has 0 heterocycles. The maximum Gasteiger partial charge on any atom is 0.192 e. The molecule has 0 aromatic heterocycles. The summed E-state index contributed by atoms with van der Waals surface area (Å²) in [6.07, 6.45) is 0. The van der Waals surface area contributed by atoms with Gasteiger partial charge in [-0.1, -0.05) is 30.3 Å². The summed E-state index contributed by atoms with van der Waals surface area (Å²) in [6, 6.07) is 9.64. The third-order valence-corrected chi connectivity index (χ3v) is 5.17. The van der Waals surface area contributed by atoms with Crippen molar-refractivity contribution in [2.45, 2.75) is 12.6 Å². The monoisotopic (exact) mass is 218 g/mol. The van der Waals surface area contributed by atoms with Crippen molar-refractivity contribution in [2.75, 3.05) is 0 Å². The van der Waals surface area contributed by atoms with E-state index < -0.39 is 5.55 Å². The van der Waals surface area contributed by atoms with Gasteiger partial charge in [0.05, 0.1) is 5.66 Å². The zero-order valence-corrected chi connectivity index (χ0v) is 9.40. The van der Waals surface area contributed by atoms with Crippen LogP contribution in [0.3, 0.4) is 0 Å². The van der Waals surface area contributed by atoms with Crippen LogP contribution in [0.5, 0.6) is 0 Å². The third-order valence-electron chi connectivity index (χ3n) is 1.79. The fraction of sp³-hybridized carbons (Fsp3) is 0.250. The van der Waals surface area contributed by atoms with Crippen LogP contribution in [0.4, 0.5) is 0 Å². The molecule has 0 radical (unpaired) electrons. The molecule has 0 saturated carbocycles. The minimum Gasteiger partial charge on any atom is -0.300 e. The highest BCUT2D eigenvalue weighted by atomic mass is 33.1. The molecule has 12 heavy (non-hydrogen) atoms. The lowest BCUT2D eigenvalue weighted by atomic mass is 10.2. The van der Waals surface area contributed by atoms with Gasteiger partial charge in [-0.15, -0.1) is 24.5 Å². The van der Waals surface area contributed by atoms with Crippen molar-refractivity contribution in [1.82, 2.24) is 0 Å². The first-order valence-corrected chi connectivity index (χ1v) is 7.70. The van der Waals surface area contributed by atoms with Gasteiger partial charge in [0.15, 0.2) is 5.55 Å². The van der Waals surface area contributed by atoms with Gasteiger partial charge in [0.1, 0.15) is 0 Å². The zero-order chi connectivity index (χ0) is 9.19. The van der Waals surface area contributed by atoms with Crippen molar-refractivity contribution >= 4 is 30.0 Å². The van der Waals surface area contributed by atoms with Crippen molar-refractivity contribution < 1.29 is 4.57 Å². The lowest BCUT2D eigenvalue weighted by Gasteiger charge is -2.14. The number of benzene rings is 1. The Hall–Kier alpha value is 0.150. The van der Waals surface area contributed by atoms with E-state index in [1.54, 1.807) is 0 Å². The lowest BCUT2D eigenvalue weighted by molar-refractivity contribution is 0.589. The average molecular weight is 218 g/mol. The predicted molar refractivity (Wildman–Crippen MR) is 60.4 cm³/mol. The topological polar surface area (TPSA) is 17.1 Å². The first kappa shape index (κ1) is 10.2. The van der Waals surface area contributed by atoms with Gasteiger partial charge in [0.25, 0.3) is 0 Å². The van der Waals surface area contributed by atoms with Crippen LogP contribution in [0.15, 0.2) is 30.3 Å². The van der Waals surface area contributed by atoms with Gasteiger partial charge >= 0.3 is 0 Å². The van der Waals surface area contributed by atoms with Gasteiger partial charge in [-0.3, -0.25) is 0 Å².